The van der Waals surface area contributed by atoms with Crippen LogP contribution in [0.5, 0.6) is 11.5 Å². The summed E-state index contributed by atoms with van der Waals surface area (Å²) < 4.78 is 46.7. The summed E-state index contributed by atoms with van der Waals surface area (Å²) in [6.45, 7) is 3.60. The highest BCUT2D eigenvalue weighted by atomic mass is 19.4. The van der Waals surface area contributed by atoms with Gasteiger partial charge in [0.05, 0.1) is 13.2 Å². The molecule has 0 aliphatic heterocycles. The highest BCUT2D eigenvalue weighted by Crippen LogP contribution is 2.31. The Balaban J connectivity index is 2.83. The highest BCUT2D eigenvalue weighted by molar-refractivity contribution is 5.91. The Hall–Kier alpha value is -1.92. The fourth-order valence-corrected chi connectivity index (χ4v) is 1.49. The molecule has 0 atom stereocenters. The maximum atomic E-state index is 12.1. The van der Waals surface area contributed by atoms with Gasteiger partial charge in [0.2, 0.25) is 5.91 Å². The molecular formula is C13H16F3NO3. The average Bonchev–Trinajstić information content (AvgIpc) is 2.25. The Morgan fingerprint density at radius 3 is 2.45 bits per heavy atom. The highest BCUT2D eigenvalue weighted by Gasteiger charge is 2.31. The summed E-state index contributed by atoms with van der Waals surface area (Å²) in [5.41, 5.74) is 0.218. The molecule has 0 unspecified atom stereocenters. The zero-order valence-electron chi connectivity index (χ0n) is 11.4. The topological polar surface area (TPSA) is 47.6 Å². The second-order valence-corrected chi connectivity index (χ2v) is 4.37. The quantitative estimate of drug-likeness (QED) is 0.904. The van der Waals surface area contributed by atoms with Gasteiger partial charge >= 0.3 is 6.18 Å². The Labute approximate surface area is 114 Å². The fraction of sp³-hybridized carbons (Fsp3) is 0.462. The van der Waals surface area contributed by atoms with E-state index >= 15 is 0 Å². The normalized spacial score (nSPS) is 11.3. The molecule has 20 heavy (non-hydrogen) atoms. The van der Waals surface area contributed by atoms with Crippen molar-refractivity contribution in [3.8, 4) is 11.5 Å². The van der Waals surface area contributed by atoms with Crippen molar-refractivity contribution < 1.29 is 27.4 Å². The molecule has 1 aromatic rings. The number of carbonyl (C=O) groups is 1. The van der Waals surface area contributed by atoms with E-state index in [9.17, 15) is 18.0 Å². The molecule has 0 aromatic heterocycles. The first-order valence-corrected chi connectivity index (χ1v) is 5.92. The lowest BCUT2D eigenvalue weighted by atomic mass is 10.2. The van der Waals surface area contributed by atoms with E-state index in [0.717, 1.165) is 0 Å². The molecule has 1 N–H and O–H groups in total. The minimum absolute atomic E-state index is 0.134. The average molecular weight is 291 g/mol. The van der Waals surface area contributed by atoms with Crippen molar-refractivity contribution >= 4 is 11.6 Å². The second-order valence-electron chi connectivity index (χ2n) is 4.37. The van der Waals surface area contributed by atoms with Crippen molar-refractivity contribution in [1.82, 2.24) is 0 Å². The molecule has 0 saturated carbocycles. The van der Waals surface area contributed by atoms with Crippen LogP contribution < -0.4 is 14.8 Å². The number of hydrogen-bond acceptors (Lipinski definition) is 3. The molecule has 1 aromatic carbocycles. The Morgan fingerprint density at radius 1 is 1.30 bits per heavy atom. The molecule has 0 aliphatic rings. The van der Waals surface area contributed by atoms with E-state index in [4.69, 9.17) is 9.47 Å². The number of nitrogens with one attached hydrogen (secondary N) is 1. The second kappa shape index (κ2) is 6.49. The Bertz CT molecular complexity index is 472. The number of ether oxygens (including phenoxy) is 2. The van der Waals surface area contributed by atoms with Gasteiger partial charge in [0.15, 0.2) is 11.5 Å². The SMILES string of the molecule is COc1ccc(NC(=O)CC(F)(F)F)cc1OC(C)C. The van der Waals surface area contributed by atoms with Gasteiger partial charge in [-0.1, -0.05) is 0 Å². The summed E-state index contributed by atoms with van der Waals surface area (Å²) >= 11 is 0. The summed E-state index contributed by atoms with van der Waals surface area (Å²) in [7, 11) is 1.45. The summed E-state index contributed by atoms with van der Waals surface area (Å²) in [5, 5.41) is 2.17. The summed E-state index contributed by atoms with van der Waals surface area (Å²) in [5.74, 6) is -0.335. The van der Waals surface area contributed by atoms with Gasteiger partial charge in [-0.25, -0.2) is 0 Å². The molecule has 0 radical (unpaired) electrons. The van der Waals surface area contributed by atoms with Crippen LogP contribution in [0.25, 0.3) is 0 Å². The first kappa shape index (κ1) is 16.1. The maximum absolute atomic E-state index is 12.1. The van der Waals surface area contributed by atoms with Crippen molar-refractivity contribution in [2.24, 2.45) is 0 Å². The summed E-state index contributed by atoms with van der Waals surface area (Å²) in [4.78, 5) is 11.2. The third-order valence-electron chi connectivity index (χ3n) is 2.17. The van der Waals surface area contributed by atoms with Gasteiger partial charge in [0.25, 0.3) is 0 Å². The van der Waals surface area contributed by atoms with Crippen LogP contribution in [-0.4, -0.2) is 25.3 Å². The number of rotatable bonds is 5. The number of halogens is 3. The third kappa shape index (κ3) is 5.38. The maximum Gasteiger partial charge on any atom is 0.397 e. The van der Waals surface area contributed by atoms with Gasteiger partial charge in [-0.05, 0) is 26.0 Å². The first-order chi connectivity index (χ1) is 9.21. The van der Waals surface area contributed by atoms with Crippen LogP contribution in [0.1, 0.15) is 20.3 Å². The molecule has 0 saturated heterocycles. The predicted octanol–water partition coefficient (Wildman–Crippen LogP) is 3.37. The zero-order valence-corrected chi connectivity index (χ0v) is 11.4. The van der Waals surface area contributed by atoms with Crippen LogP contribution in [0.2, 0.25) is 0 Å². The lowest BCUT2D eigenvalue weighted by Gasteiger charge is -2.15. The number of amides is 1. The van der Waals surface area contributed by atoms with Crippen LogP contribution in [0.15, 0.2) is 18.2 Å². The Morgan fingerprint density at radius 2 is 1.95 bits per heavy atom. The number of methoxy groups -OCH3 is 1. The van der Waals surface area contributed by atoms with Crippen LogP contribution >= 0.6 is 0 Å². The van der Waals surface area contributed by atoms with Crippen molar-refractivity contribution in [1.29, 1.82) is 0 Å². The zero-order chi connectivity index (χ0) is 15.3. The van der Waals surface area contributed by atoms with Gasteiger partial charge in [-0.2, -0.15) is 13.2 Å². The smallest absolute Gasteiger partial charge is 0.397 e. The van der Waals surface area contributed by atoms with E-state index in [2.05, 4.69) is 5.32 Å². The minimum Gasteiger partial charge on any atom is -0.493 e. The molecule has 0 fully saturated rings. The van der Waals surface area contributed by atoms with E-state index in [-0.39, 0.29) is 11.8 Å². The van der Waals surface area contributed by atoms with Crippen LogP contribution in [0.3, 0.4) is 0 Å². The largest absolute Gasteiger partial charge is 0.493 e. The molecule has 0 aliphatic carbocycles. The van der Waals surface area contributed by atoms with Crippen molar-refractivity contribution in [3.63, 3.8) is 0 Å². The van der Waals surface area contributed by atoms with E-state index in [1.165, 1.54) is 25.3 Å². The van der Waals surface area contributed by atoms with Gasteiger partial charge in [-0.3, -0.25) is 4.79 Å². The molecule has 7 heteroatoms. The molecular weight excluding hydrogens is 275 g/mol. The van der Waals surface area contributed by atoms with Crippen LogP contribution in [-0.2, 0) is 4.79 Å². The molecule has 0 heterocycles. The number of benzene rings is 1. The molecule has 0 spiro atoms. The minimum atomic E-state index is -4.53. The predicted molar refractivity (Wildman–Crippen MR) is 68.1 cm³/mol. The lowest BCUT2D eigenvalue weighted by Crippen LogP contribution is -2.21. The molecule has 1 amide bonds. The van der Waals surface area contributed by atoms with Crippen molar-refractivity contribution in [2.75, 3.05) is 12.4 Å². The van der Waals surface area contributed by atoms with Gasteiger partial charge in [0, 0.05) is 11.8 Å². The summed E-state index contributed by atoms with van der Waals surface area (Å²) in [6, 6.07) is 4.38. The van der Waals surface area contributed by atoms with Crippen LogP contribution in [0.4, 0.5) is 18.9 Å². The standard InChI is InChI=1S/C13H16F3NO3/c1-8(2)20-11-6-9(4-5-10(11)19-3)17-12(18)7-13(14,15)16/h4-6,8H,7H2,1-3H3,(H,17,18). The van der Waals surface area contributed by atoms with E-state index in [1.54, 1.807) is 13.8 Å². The Kier molecular flexibility index (Phi) is 5.24. The van der Waals surface area contributed by atoms with Crippen molar-refractivity contribution in [3.05, 3.63) is 18.2 Å². The van der Waals surface area contributed by atoms with E-state index < -0.39 is 18.5 Å². The molecule has 1 rings (SSSR count). The van der Waals surface area contributed by atoms with Gasteiger partial charge in [-0.15, -0.1) is 0 Å². The van der Waals surface area contributed by atoms with Gasteiger partial charge < -0.3 is 14.8 Å². The van der Waals surface area contributed by atoms with E-state index in [1.807, 2.05) is 0 Å². The van der Waals surface area contributed by atoms with Crippen molar-refractivity contribution in [2.45, 2.75) is 32.5 Å². The first-order valence-electron chi connectivity index (χ1n) is 5.92. The third-order valence-corrected chi connectivity index (χ3v) is 2.17. The molecule has 4 nitrogen and oxygen atoms in total. The monoisotopic (exact) mass is 291 g/mol. The summed E-state index contributed by atoms with van der Waals surface area (Å²) in [6.07, 6.45) is -6.20. The fourth-order valence-electron chi connectivity index (χ4n) is 1.49. The number of alkyl halides is 3. The molecule has 0 bridgehead atoms. The van der Waals surface area contributed by atoms with Gasteiger partial charge in [0.1, 0.15) is 6.42 Å². The number of hydrogen-bond donors (Lipinski definition) is 1. The molecule has 112 valence electrons. The number of carbonyl (C=O) groups excluding carboxylic acids is 1. The number of anilines is 1. The lowest BCUT2D eigenvalue weighted by molar-refractivity contribution is -0.150. The van der Waals surface area contributed by atoms with Crippen LogP contribution in [0, 0.1) is 0 Å². The van der Waals surface area contributed by atoms with E-state index in [0.29, 0.717) is 11.5 Å².